The van der Waals surface area contributed by atoms with Gasteiger partial charge in [0.25, 0.3) is 0 Å². The van der Waals surface area contributed by atoms with Crippen LogP contribution in [0.2, 0.25) is 0 Å². The molecule has 0 amide bonds. The van der Waals surface area contributed by atoms with E-state index in [2.05, 4.69) is 38.1 Å². The summed E-state index contributed by atoms with van der Waals surface area (Å²) in [5, 5.41) is 9.01. The molecule has 0 unspecified atom stereocenters. The molecule has 3 aromatic rings. The molecular formula is C30H28O6. The van der Waals surface area contributed by atoms with E-state index in [1.165, 1.54) is 17.2 Å². The molecule has 0 aliphatic carbocycles. The van der Waals surface area contributed by atoms with Gasteiger partial charge in [0, 0.05) is 23.3 Å². The summed E-state index contributed by atoms with van der Waals surface area (Å²) in [6.07, 6.45) is 3.92. The minimum Gasteiger partial charge on any atom is -0.489 e. The van der Waals surface area contributed by atoms with Crippen LogP contribution in [0.5, 0.6) is 17.2 Å². The Morgan fingerprint density at radius 3 is 2.61 bits per heavy atom. The number of carbonyl (C=O) groups is 1. The van der Waals surface area contributed by atoms with Gasteiger partial charge in [-0.2, -0.15) is 0 Å². The quantitative estimate of drug-likeness (QED) is 0.323. The Kier molecular flexibility index (Phi) is 6.78. The molecule has 36 heavy (non-hydrogen) atoms. The first kappa shape index (κ1) is 23.7. The van der Waals surface area contributed by atoms with Crippen LogP contribution < -0.4 is 14.2 Å². The van der Waals surface area contributed by atoms with Gasteiger partial charge in [0.2, 0.25) is 0 Å². The molecule has 1 fully saturated rings. The van der Waals surface area contributed by atoms with Crippen molar-refractivity contribution in [3.8, 4) is 28.4 Å². The van der Waals surface area contributed by atoms with Gasteiger partial charge in [0.1, 0.15) is 30.5 Å². The number of fused-ring (bicyclic) bond motifs is 1. The second-order valence-corrected chi connectivity index (χ2v) is 9.07. The molecule has 1 saturated heterocycles. The zero-order chi connectivity index (χ0) is 25.1. The van der Waals surface area contributed by atoms with Crippen LogP contribution in [0.4, 0.5) is 0 Å². The molecule has 184 valence electrons. The van der Waals surface area contributed by atoms with Crippen molar-refractivity contribution in [3.05, 3.63) is 94.8 Å². The molecule has 0 bridgehead atoms. The summed E-state index contributed by atoms with van der Waals surface area (Å²) in [5.74, 6) is 1.16. The molecule has 0 aromatic heterocycles. The Balaban J connectivity index is 1.29. The zero-order valence-corrected chi connectivity index (χ0v) is 20.4. The third kappa shape index (κ3) is 5.29. The molecule has 2 heterocycles. The summed E-state index contributed by atoms with van der Waals surface area (Å²) in [7, 11) is 0. The maximum absolute atomic E-state index is 11.0. The molecule has 2 aliphatic heterocycles. The Morgan fingerprint density at radius 2 is 1.86 bits per heavy atom. The standard InChI is InChI=1S/C30H28O6/c1-19-10-26(35-17-22-8-9-33-15-22)11-20(2)30(19)23-5-3-4-21(12-23)16-34-25-6-7-27-24(13-29(31)32)18-36-28(27)14-25/h3-7,10-14,17H,8-9,15-16,18H2,1-2H3,(H,31,32)/b22-17-,24-13+. The van der Waals surface area contributed by atoms with E-state index in [0.29, 0.717) is 30.3 Å². The van der Waals surface area contributed by atoms with Gasteiger partial charge < -0.3 is 24.1 Å². The average Bonchev–Trinajstić information content (AvgIpc) is 3.51. The van der Waals surface area contributed by atoms with E-state index in [0.717, 1.165) is 46.6 Å². The van der Waals surface area contributed by atoms with Crippen LogP contribution in [0.15, 0.2) is 72.5 Å². The van der Waals surface area contributed by atoms with Crippen LogP contribution in [-0.2, 0) is 16.1 Å². The van der Waals surface area contributed by atoms with Crippen molar-refractivity contribution in [1.29, 1.82) is 0 Å². The highest BCUT2D eigenvalue weighted by atomic mass is 16.5. The third-order valence-corrected chi connectivity index (χ3v) is 6.32. The van der Waals surface area contributed by atoms with E-state index < -0.39 is 5.97 Å². The number of hydrogen-bond donors (Lipinski definition) is 1. The van der Waals surface area contributed by atoms with E-state index in [-0.39, 0.29) is 6.61 Å². The molecule has 0 radical (unpaired) electrons. The highest BCUT2D eigenvalue weighted by Crippen LogP contribution is 2.36. The van der Waals surface area contributed by atoms with Gasteiger partial charge in [-0.3, -0.25) is 0 Å². The van der Waals surface area contributed by atoms with Crippen LogP contribution in [0.3, 0.4) is 0 Å². The Morgan fingerprint density at radius 1 is 1.03 bits per heavy atom. The molecule has 0 saturated carbocycles. The zero-order valence-electron chi connectivity index (χ0n) is 20.4. The van der Waals surface area contributed by atoms with Crippen LogP contribution in [0, 0.1) is 13.8 Å². The van der Waals surface area contributed by atoms with Gasteiger partial charge >= 0.3 is 5.97 Å². The monoisotopic (exact) mass is 484 g/mol. The number of carboxylic acids is 1. The first-order chi connectivity index (χ1) is 17.5. The molecule has 6 nitrogen and oxygen atoms in total. The van der Waals surface area contributed by atoms with Gasteiger partial charge in [-0.25, -0.2) is 4.79 Å². The Labute approximate surface area is 210 Å². The summed E-state index contributed by atoms with van der Waals surface area (Å²) >= 11 is 0. The molecule has 5 rings (SSSR count). The average molecular weight is 485 g/mol. The lowest BCUT2D eigenvalue weighted by molar-refractivity contribution is -0.131. The van der Waals surface area contributed by atoms with Gasteiger partial charge in [-0.15, -0.1) is 0 Å². The molecular weight excluding hydrogens is 456 g/mol. The number of hydrogen-bond acceptors (Lipinski definition) is 5. The van der Waals surface area contributed by atoms with Crippen molar-refractivity contribution in [2.45, 2.75) is 26.9 Å². The molecule has 6 heteroatoms. The SMILES string of the molecule is Cc1cc(O/C=C2/CCOC2)cc(C)c1-c1cccc(COc2ccc3c(c2)OC/C3=C\C(=O)O)c1. The summed E-state index contributed by atoms with van der Waals surface area (Å²) < 4.78 is 22.9. The van der Waals surface area contributed by atoms with E-state index in [4.69, 9.17) is 24.1 Å². The van der Waals surface area contributed by atoms with Crippen molar-refractivity contribution in [3.63, 3.8) is 0 Å². The van der Waals surface area contributed by atoms with E-state index >= 15 is 0 Å². The van der Waals surface area contributed by atoms with Gasteiger partial charge in [-0.05, 0) is 84.0 Å². The number of benzene rings is 3. The first-order valence-corrected chi connectivity index (χ1v) is 11.9. The summed E-state index contributed by atoms with van der Waals surface area (Å²) in [6.45, 7) is 6.26. The summed E-state index contributed by atoms with van der Waals surface area (Å²) in [6, 6.07) is 18.0. The number of aryl methyl sites for hydroxylation is 2. The largest absolute Gasteiger partial charge is 0.489 e. The smallest absolute Gasteiger partial charge is 0.328 e. The van der Waals surface area contributed by atoms with Crippen LogP contribution in [0.25, 0.3) is 16.7 Å². The fourth-order valence-electron chi connectivity index (χ4n) is 4.63. The fraction of sp³-hybridized carbons (Fsp3) is 0.233. The molecule has 0 spiro atoms. The summed E-state index contributed by atoms with van der Waals surface area (Å²) in [4.78, 5) is 11.0. The normalized spacial score (nSPS) is 16.7. The highest BCUT2D eigenvalue weighted by Gasteiger charge is 2.19. The molecule has 2 aliphatic rings. The van der Waals surface area contributed by atoms with Gasteiger partial charge in [0.15, 0.2) is 0 Å². The minimum absolute atomic E-state index is 0.252. The predicted octanol–water partition coefficient (Wildman–Crippen LogP) is 6.09. The molecule has 1 N–H and O–H groups in total. The lowest BCUT2D eigenvalue weighted by Crippen LogP contribution is -1.97. The Bertz CT molecular complexity index is 1340. The number of aliphatic carboxylic acids is 1. The van der Waals surface area contributed by atoms with Crippen molar-refractivity contribution in [2.24, 2.45) is 0 Å². The number of ether oxygens (including phenoxy) is 4. The van der Waals surface area contributed by atoms with Crippen LogP contribution in [-0.4, -0.2) is 30.9 Å². The number of carboxylic acid groups (broad SMARTS) is 1. The predicted molar refractivity (Wildman–Crippen MR) is 137 cm³/mol. The van der Waals surface area contributed by atoms with E-state index in [1.807, 2.05) is 36.6 Å². The maximum Gasteiger partial charge on any atom is 0.328 e. The van der Waals surface area contributed by atoms with Gasteiger partial charge in [-0.1, -0.05) is 18.2 Å². The minimum atomic E-state index is -0.981. The lowest BCUT2D eigenvalue weighted by atomic mass is 9.94. The van der Waals surface area contributed by atoms with Crippen molar-refractivity contribution in [1.82, 2.24) is 0 Å². The van der Waals surface area contributed by atoms with Crippen molar-refractivity contribution >= 4 is 11.5 Å². The third-order valence-electron chi connectivity index (χ3n) is 6.32. The highest BCUT2D eigenvalue weighted by molar-refractivity contribution is 5.92. The molecule has 3 aromatic carbocycles. The fourth-order valence-corrected chi connectivity index (χ4v) is 4.63. The second kappa shape index (κ2) is 10.3. The first-order valence-electron chi connectivity index (χ1n) is 11.9. The molecule has 0 atom stereocenters. The maximum atomic E-state index is 11.0. The van der Waals surface area contributed by atoms with E-state index in [9.17, 15) is 4.79 Å². The lowest BCUT2D eigenvalue weighted by Gasteiger charge is -2.14. The second-order valence-electron chi connectivity index (χ2n) is 9.07. The van der Waals surface area contributed by atoms with Crippen molar-refractivity contribution in [2.75, 3.05) is 19.8 Å². The van der Waals surface area contributed by atoms with E-state index in [1.54, 1.807) is 0 Å². The van der Waals surface area contributed by atoms with Crippen LogP contribution in [0.1, 0.15) is 28.7 Å². The topological polar surface area (TPSA) is 74.2 Å². The van der Waals surface area contributed by atoms with Crippen LogP contribution >= 0.6 is 0 Å². The van der Waals surface area contributed by atoms with Crippen molar-refractivity contribution < 1.29 is 28.8 Å². The summed E-state index contributed by atoms with van der Waals surface area (Å²) in [5.41, 5.74) is 8.27. The van der Waals surface area contributed by atoms with Gasteiger partial charge in [0.05, 0.1) is 19.5 Å². The number of rotatable bonds is 7. The Hall–Kier alpha value is -4.03.